The average Bonchev–Trinajstić information content (AvgIpc) is 3.33. The molecule has 7 nitrogen and oxygen atoms in total. The van der Waals surface area contributed by atoms with Crippen LogP contribution in [0.2, 0.25) is 0 Å². The lowest BCUT2D eigenvalue weighted by Crippen LogP contribution is -2.37. The number of anilines is 1. The van der Waals surface area contributed by atoms with Crippen molar-refractivity contribution in [3.63, 3.8) is 0 Å². The Labute approximate surface area is 199 Å². The maximum Gasteiger partial charge on any atom is 0.303 e. The summed E-state index contributed by atoms with van der Waals surface area (Å²) in [6.45, 7) is 5.09. The molecule has 2 aliphatic heterocycles. The fourth-order valence-corrected chi connectivity index (χ4v) is 5.61. The Hall–Kier alpha value is -2.61. The van der Waals surface area contributed by atoms with E-state index in [1.54, 1.807) is 11.8 Å². The summed E-state index contributed by atoms with van der Waals surface area (Å²) in [6.07, 6.45) is 5.81. The first-order chi connectivity index (χ1) is 16.0. The Morgan fingerprint density at radius 1 is 1.15 bits per heavy atom. The number of nitrogens with zero attached hydrogens (tertiary/aromatic N) is 4. The van der Waals surface area contributed by atoms with E-state index in [-0.39, 0.29) is 24.2 Å². The molecule has 0 aliphatic carbocycles. The van der Waals surface area contributed by atoms with Gasteiger partial charge >= 0.3 is 5.97 Å². The van der Waals surface area contributed by atoms with E-state index in [0.717, 1.165) is 61.1 Å². The summed E-state index contributed by atoms with van der Waals surface area (Å²) in [6, 6.07) is 9.79. The van der Waals surface area contributed by atoms with Crippen LogP contribution in [0.4, 0.5) is 5.82 Å². The first-order valence-corrected chi connectivity index (χ1v) is 12.8. The Morgan fingerprint density at radius 2 is 2.03 bits per heavy atom. The number of hydrogen-bond acceptors (Lipinski definition) is 6. The molecule has 1 N–H and O–H groups in total. The van der Waals surface area contributed by atoms with Crippen LogP contribution in [0.5, 0.6) is 0 Å². The molecule has 0 radical (unpaired) electrons. The number of likely N-dealkylation sites (tertiary alicyclic amines) is 1. The number of piperidine rings is 1. The van der Waals surface area contributed by atoms with Crippen LogP contribution in [-0.4, -0.2) is 63.8 Å². The maximum atomic E-state index is 13.4. The number of carboxylic acids is 1. The van der Waals surface area contributed by atoms with Crippen molar-refractivity contribution in [2.75, 3.05) is 36.8 Å². The van der Waals surface area contributed by atoms with Crippen LogP contribution in [0.1, 0.15) is 61.0 Å². The van der Waals surface area contributed by atoms with Crippen molar-refractivity contribution >= 4 is 29.5 Å². The lowest BCUT2D eigenvalue weighted by atomic mass is 9.95. The van der Waals surface area contributed by atoms with Crippen LogP contribution >= 0.6 is 11.8 Å². The van der Waals surface area contributed by atoms with Crippen molar-refractivity contribution in [3.8, 4) is 0 Å². The monoisotopic (exact) mass is 468 g/mol. The van der Waals surface area contributed by atoms with E-state index in [2.05, 4.69) is 16.8 Å². The zero-order valence-corrected chi connectivity index (χ0v) is 20.0. The number of aromatic nitrogens is 2. The van der Waals surface area contributed by atoms with Crippen molar-refractivity contribution in [2.45, 2.75) is 50.0 Å². The lowest BCUT2D eigenvalue weighted by Gasteiger charge is -2.33. The molecule has 1 unspecified atom stereocenters. The molecule has 0 spiro atoms. The van der Waals surface area contributed by atoms with Crippen molar-refractivity contribution in [2.24, 2.45) is 5.92 Å². The van der Waals surface area contributed by atoms with Gasteiger partial charge in [-0.1, -0.05) is 13.0 Å². The Morgan fingerprint density at radius 3 is 2.79 bits per heavy atom. The number of aliphatic carboxylic acids is 1. The van der Waals surface area contributed by atoms with Crippen LogP contribution in [0.3, 0.4) is 0 Å². The predicted octanol–water partition coefficient (Wildman–Crippen LogP) is 4.30. The highest BCUT2D eigenvalue weighted by molar-refractivity contribution is 7.99. The number of pyridine rings is 2. The zero-order valence-electron chi connectivity index (χ0n) is 19.2. The second kappa shape index (κ2) is 11.0. The maximum absolute atomic E-state index is 13.4. The molecule has 0 bridgehead atoms. The van der Waals surface area contributed by atoms with Gasteiger partial charge in [-0.05, 0) is 61.6 Å². The van der Waals surface area contributed by atoms with Gasteiger partial charge in [0, 0.05) is 50.4 Å². The standard InChI is InChI=1S/C25H32N4O3S/c1-2-14-33-24-20(25(32)29-13-10-19(17-29)21-7-3-4-11-26-21)8-9-22(27-24)28-12-5-6-18(16-28)15-23(30)31/h3-4,7-9,11,18-19H,2,5-6,10,12-17H2,1H3,(H,30,31)/t18-,19?/m0/s1. The highest BCUT2D eigenvalue weighted by Crippen LogP contribution is 2.31. The van der Waals surface area contributed by atoms with Gasteiger partial charge < -0.3 is 14.9 Å². The number of amides is 1. The smallest absolute Gasteiger partial charge is 0.303 e. The van der Waals surface area contributed by atoms with Gasteiger partial charge in [0.15, 0.2) is 0 Å². The minimum atomic E-state index is -0.746. The van der Waals surface area contributed by atoms with E-state index < -0.39 is 5.97 Å². The molecule has 2 fully saturated rings. The number of carbonyl (C=O) groups is 2. The minimum Gasteiger partial charge on any atom is -0.481 e. The summed E-state index contributed by atoms with van der Waals surface area (Å²) in [5, 5.41) is 9.95. The largest absolute Gasteiger partial charge is 0.481 e. The Kier molecular flexibility index (Phi) is 7.85. The molecule has 2 aliphatic rings. The van der Waals surface area contributed by atoms with E-state index in [4.69, 9.17) is 4.98 Å². The highest BCUT2D eigenvalue weighted by atomic mass is 32.2. The molecular formula is C25H32N4O3S. The molecule has 0 aromatic carbocycles. The van der Waals surface area contributed by atoms with E-state index in [1.165, 1.54) is 0 Å². The fraction of sp³-hybridized carbons (Fsp3) is 0.520. The summed E-state index contributed by atoms with van der Waals surface area (Å²) < 4.78 is 0. The van der Waals surface area contributed by atoms with Gasteiger partial charge in [-0.2, -0.15) is 0 Å². The second-order valence-corrected chi connectivity index (χ2v) is 10.00. The van der Waals surface area contributed by atoms with Gasteiger partial charge in [-0.25, -0.2) is 4.98 Å². The number of thioether (sulfide) groups is 1. The molecule has 2 aromatic rings. The van der Waals surface area contributed by atoms with Crippen molar-refractivity contribution < 1.29 is 14.7 Å². The van der Waals surface area contributed by atoms with Crippen LogP contribution < -0.4 is 4.90 Å². The number of rotatable bonds is 8. The molecule has 8 heteroatoms. The van der Waals surface area contributed by atoms with Gasteiger partial charge in [-0.3, -0.25) is 14.6 Å². The number of carbonyl (C=O) groups excluding carboxylic acids is 1. The molecular weight excluding hydrogens is 436 g/mol. The van der Waals surface area contributed by atoms with E-state index in [1.807, 2.05) is 41.4 Å². The number of hydrogen-bond donors (Lipinski definition) is 1. The van der Waals surface area contributed by atoms with Crippen LogP contribution in [0.15, 0.2) is 41.6 Å². The van der Waals surface area contributed by atoms with Gasteiger partial charge in [0.2, 0.25) is 0 Å². The molecule has 4 heterocycles. The molecule has 176 valence electrons. The van der Waals surface area contributed by atoms with Crippen molar-refractivity contribution in [1.29, 1.82) is 0 Å². The van der Waals surface area contributed by atoms with Gasteiger partial charge in [-0.15, -0.1) is 11.8 Å². The summed E-state index contributed by atoms with van der Waals surface area (Å²) in [5.41, 5.74) is 1.71. The summed E-state index contributed by atoms with van der Waals surface area (Å²) in [5.74, 6) is 1.44. The average molecular weight is 469 g/mol. The molecule has 0 saturated carbocycles. The first-order valence-electron chi connectivity index (χ1n) is 11.9. The van der Waals surface area contributed by atoms with Crippen LogP contribution in [-0.2, 0) is 4.79 Å². The van der Waals surface area contributed by atoms with E-state index >= 15 is 0 Å². The van der Waals surface area contributed by atoms with Gasteiger partial charge in [0.1, 0.15) is 10.8 Å². The first kappa shape index (κ1) is 23.5. The number of carboxylic acid groups (broad SMARTS) is 1. The predicted molar refractivity (Wildman–Crippen MR) is 130 cm³/mol. The Balaban J connectivity index is 1.50. The molecule has 1 amide bonds. The highest BCUT2D eigenvalue weighted by Gasteiger charge is 2.31. The third-order valence-electron chi connectivity index (χ3n) is 6.41. The molecule has 2 aromatic heterocycles. The minimum absolute atomic E-state index is 0.0356. The Bertz CT molecular complexity index is 971. The third-order valence-corrected chi connectivity index (χ3v) is 7.60. The summed E-state index contributed by atoms with van der Waals surface area (Å²) >= 11 is 1.63. The summed E-state index contributed by atoms with van der Waals surface area (Å²) in [4.78, 5) is 38.1. The summed E-state index contributed by atoms with van der Waals surface area (Å²) in [7, 11) is 0. The van der Waals surface area contributed by atoms with Crippen molar-refractivity contribution in [1.82, 2.24) is 14.9 Å². The van der Waals surface area contributed by atoms with Crippen LogP contribution in [0.25, 0.3) is 0 Å². The second-order valence-electron chi connectivity index (χ2n) is 8.91. The topological polar surface area (TPSA) is 86.6 Å². The van der Waals surface area contributed by atoms with Crippen LogP contribution in [0, 0.1) is 5.92 Å². The third kappa shape index (κ3) is 5.85. The van der Waals surface area contributed by atoms with Crippen molar-refractivity contribution in [3.05, 3.63) is 47.8 Å². The molecule has 33 heavy (non-hydrogen) atoms. The van der Waals surface area contributed by atoms with E-state index in [0.29, 0.717) is 18.7 Å². The lowest BCUT2D eigenvalue weighted by molar-refractivity contribution is -0.138. The SMILES string of the molecule is CCCSc1nc(N2CCC[C@@H](CC(=O)O)C2)ccc1C(=O)N1CCC(c2ccccn2)C1. The fourth-order valence-electron chi connectivity index (χ4n) is 4.74. The zero-order chi connectivity index (χ0) is 23.2. The van der Waals surface area contributed by atoms with Gasteiger partial charge in [0.25, 0.3) is 5.91 Å². The molecule has 4 rings (SSSR count). The quantitative estimate of drug-likeness (QED) is 0.578. The molecule has 2 atom stereocenters. The van der Waals surface area contributed by atoms with Gasteiger partial charge in [0.05, 0.1) is 5.56 Å². The normalized spacial score (nSPS) is 20.8. The van der Waals surface area contributed by atoms with E-state index in [9.17, 15) is 14.7 Å². The molecule has 2 saturated heterocycles.